The number of furan rings is 1. The first kappa shape index (κ1) is 17.8. The first-order valence-electron chi connectivity index (χ1n) is 8.65. The van der Waals surface area contributed by atoms with Crippen LogP contribution in [-0.2, 0) is 10.5 Å². The van der Waals surface area contributed by atoms with Gasteiger partial charge in [0, 0.05) is 52.4 Å². The van der Waals surface area contributed by atoms with Crippen LogP contribution in [0.3, 0.4) is 0 Å². The minimum absolute atomic E-state index is 0.0233. The number of thioether (sulfide) groups is 1. The second-order valence-corrected chi connectivity index (χ2v) is 7.15. The fraction of sp³-hybridized carbons (Fsp3) is 0.706. The SMILES string of the molecule is CSCc1ccc(C(=O)N2CCN(CCN3CCOCC3)CC2)o1. The molecule has 0 spiro atoms. The molecule has 1 aromatic rings. The summed E-state index contributed by atoms with van der Waals surface area (Å²) >= 11 is 1.70. The molecule has 0 radical (unpaired) electrons. The summed E-state index contributed by atoms with van der Waals surface area (Å²) in [6, 6.07) is 3.71. The maximum Gasteiger partial charge on any atom is 0.289 e. The summed E-state index contributed by atoms with van der Waals surface area (Å²) in [6.07, 6.45) is 2.03. The van der Waals surface area contributed by atoms with Crippen LogP contribution in [0.1, 0.15) is 16.3 Å². The van der Waals surface area contributed by atoms with E-state index in [1.165, 1.54) is 0 Å². The smallest absolute Gasteiger partial charge is 0.289 e. The molecule has 7 heteroatoms. The van der Waals surface area contributed by atoms with Crippen LogP contribution in [-0.4, -0.2) is 92.4 Å². The van der Waals surface area contributed by atoms with Crippen molar-refractivity contribution in [3.8, 4) is 0 Å². The summed E-state index contributed by atoms with van der Waals surface area (Å²) in [7, 11) is 0. The van der Waals surface area contributed by atoms with Crippen molar-refractivity contribution in [2.75, 3.05) is 71.8 Å². The summed E-state index contributed by atoms with van der Waals surface area (Å²) in [5.74, 6) is 2.17. The monoisotopic (exact) mass is 353 g/mol. The number of ether oxygens (including phenoxy) is 1. The van der Waals surface area contributed by atoms with Crippen LogP contribution in [0.25, 0.3) is 0 Å². The van der Waals surface area contributed by atoms with Gasteiger partial charge in [0.25, 0.3) is 5.91 Å². The molecule has 0 unspecified atom stereocenters. The van der Waals surface area contributed by atoms with Gasteiger partial charge in [-0.05, 0) is 18.4 Å². The molecule has 6 nitrogen and oxygen atoms in total. The van der Waals surface area contributed by atoms with Crippen LogP contribution >= 0.6 is 11.8 Å². The van der Waals surface area contributed by atoms with E-state index >= 15 is 0 Å². The van der Waals surface area contributed by atoms with Crippen LogP contribution in [0.5, 0.6) is 0 Å². The van der Waals surface area contributed by atoms with Gasteiger partial charge in [-0.15, -0.1) is 0 Å². The van der Waals surface area contributed by atoms with Crippen molar-refractivity contribution in [1.82, 2.24) is 14.7 Å². The molecule has 2 saturated heterocycles. The number of hydrogen-bond donors (Lipinski definition) is 0. The Morgan fingerprint density at radius 2 is 1.71 bits per heavy atom. The van der Waals surface area contributed by atoms with E-state index in [1.54, 1.807) is 17.8 Å². The van der Waals surface area contributed by atoms with Crippen molar-refractivity contribution in [1.29, 1.82) is 0 Å². The lowest BCUT2D eigenvalue weighted by Gasteiger charge is -2.36. The molecule has 1 amide bonds. The van der Waals surface area contributed by atoms with E-state index in [4.69, 9.17) is 9.15 Å². The second kappa shape index (κ2) is 8.89. The van der Waals surface area contributed by atoms with Gasteiger partial charge in [0.2, 0.25) is 0 Å². The third-order valence-corrected chi connectivity index (χ3v) is 5.23. The molecule has 2 fully saturated rings. The summed E-state index contributed by atoms with van der Waals surface area (Å²) in [5, 5.41) is 0. The maximum atomic E-state index is 12.5. The molecule has 0 aromatic carbocycles. The van der Waals surface area contributed by atoms with Crippen LogP contribution in [0.15, 0.2) is 16.5 Å². The Morgan fingerprint density at radius 1 is 1.04 bits per heavy atom. The minimum Gasteiger partial charge on any atom is -0.455 e. The van der Waals surface area contributed by atoms with Gasteiger partial charge >= 0.3 is 0 Å². The zero-order valence-corrected chi connectivity index (χ0v) is 15.2. The molecule has 1 aromatic heterocycles. The van der Waals surface area contributed by atoms with Crippen molar-refractivity contribution in [2.24, 2.45) is 0 Å². The largest absolute Gasteiger partial charge is 0.455 e. The third kappa shape index (κ3) is 4.75. The summed E-state index contributed by atoms with van der Waals surface area (Å²) in [4.78, 5) is 19.3. The number of amides is 1. The Balaban J connectivity index is 1.41. The Bertz CT molecular complexity index is 523. The van der Waals surface area contributed by atoms with E-state index in [9.17, 15) is 4.79 Å². The molecule has 0 bridgehead atoms. The average Bonchev–Trinajstić information content (AvgIpc) is 3.10. The molecule has 0 atom stereocenters. The molecule has 2 aliphatic heterocycles. The van der Waals surface area contributed by atoms with Crippen molar-refractivity contribution >= 4 is 17.7 Å². The molecule has 0 aliphatic carbocycles. The van der Waals surface area contributed by atoms with Gasteiger partial charge in [0.1, 0.15) is 5.76 Å². The number of nitrogens with zero attached hydrogens (tertiary/aromatic N) is 3. The number of carbonyl (C=O) groups excluding carboxylic acids is 1. The topological polar surface area (TPSA) is 49.2 Å². The molecule has 0 N–H and O–H groups in total. The highest BCUT2D eigenvalue weighted by molar-refractivity contribution is 7.97. The molecule has 24 heavy (non-hydrogen) atoms. The number of morpholine rings is 1. The molecule has 3 heterocycles. The first-order chi connectivity index (χ1) is 11.8. The molecular weight excluding hydrogens is 326 g/mol. The lowest BCUT2D eigenvalue weighted by atomic mass is 10.2. The van der Waals surface area contributed by atoms with Gasteiger partial charge in [0.15, 0.2) is 5.76 Å². The predicted octanol–water partition coefficient (Wildman–Crippen LogP) is 1.23. The van der Waals surface area contributed by atoms with Crippen LogP contribution < -0.4 is 0 Å². The maximum absolute atomic E-state index is 12.5. The molecule has 2 aliphatic rings. The molecular formula is C17H27N3O3S. The van der Waals surface area contributed by atoms with Crippen LogP contribution in [0.4, 0.5) is 0 Å². The van der Waals surface area contributed by atoms with Crippen molar-refractivity contribution < 1.29 is 13.9 Å². The van der Waals surface area contributed by atoms with Crippen molar-refractivity contribution in [3.05, 3.63) is 23.7 Å². The highest BCUT2D eigenvalue weighted by Crippen LogP contribution is 2.16. The van der Waals surface area contributed by atoms with Crippen LogP contribution in [0, 0.1) is 0 Å². The fourth-order valence-corrected chi connectivity index (χ4v) is 3.59. The van der Waals surface area contributed by atoms with Crippen molar-refractivity contribution in [2.45, 2.75) is 5.75 Å². The Hall–Kier alpha value is -1.02. The van der Waals surface area contributed by atoms with E-state index in [2.05, 4.69) is 9.80 Å². The molecule has 0 saturated carbocycles. The lowest BCUT2D eigenvalue weighted by Crippen LogP contribution is -2.50. The fourth-order valence-electron chi connectivity index (χ4n) is 3.15. The summed E-state index contributed by atoms with van der Waals surface area (Å²) < 4.78 is 11.0. The average molecular weight is 353 g/mol. The predicted molar refractivity (Wildman–Crippen MR) is 95.5 cm³/mol. The second-order valence-electron chi connectivity index (χ2n) is 6.29. The summed E-state index contributed by atoms with van der Waals surface area (Å²) in [5.41, 5.74) is 0. The highest BCUT2D eigenvalue weighted by atomic mass is 32.2. The lowest BCUT2D eigenvalue weighted by molar-refractivity contribution is 0.0290. The van der Waals surface area contributed by atoms with Crippen LogP contribution in [0.2, 0.25) is 0 Å². The number of piperazine rings is 1. The number of rotatable bonds is 6. The number of hydrogen-bond acceptors (Lipinski definition) is 6. The van der Waals surface area contributed by atoms with Gasteiger partial charge in [-0.2, -0.15) is 11.8 Å². The van der Waals surface area contributed by atoms with Gasteiger partial charge in [-0.3, -0.25) is 14.6 Å². The van der Waals surface area contributed by atoms with E-state index in [-0.39, 0.29) is 5.91 Å². The third-order valence-electron chi connectivity index (χ3n) is 4.65. The standard InChI is InChI=1S/C17H27N3O3S/c1-24-14-15-2-3-16(23-15)17(21)20-8-6-18(7-9-20)4-5-19-10-12-22-13-11-19/h2-3H,4-14H2,1H3. The van der Waals surface area contributed by atoms with Gasteiger partial charge in [0.05, 0.1) is 19.0 Å². The van der Waals surface area contributed by atoms with E-state index in [1.807, 2.05) is 17.2 Å². The Kier molecular flexibility index (Phi) is 6.59. The van der Waals surface area contributed by atoms with Gasteiger partial charge in [-0.25, -0.2) is 0 Å². The minimum atomic E-state index is 0.0233. The van der Waals surface area contributed by atoms with E-state index in [0.717, 1.165) is 77.1 Å². The van der Waals surface area contributed by atoms with E-state index < -0.39 is 0 Å². The van der Waals surface area contributed by atoms with Crippen molar-refractivity contribution in [3.63, 3.8) is 0 Å². The zero-order valence-electron chi connectivity index (χ0n) is 14.4. The Morgan fingerprint density at radius 3 is 2.38 bits per heavy atom. The van der Waals surface area contributed by atoms with E-state index in [0.29, 0.717) is 5.76 Å². The molecule has 3 rings (SSSR count). The summed E-state index contributed by atoms with van der Waals surface area (Å²) in [6.45, 7) is 9.37. The number of carbonyl (C=O) groups is 1. The quantitative estimate of drug-likeness (QED) is 0.767. The van der Waals surface area contributed by atoms with Gasteiger partial charge in [-0.1, -0.05) is 0 Å². The van der Waals surface area contributed by atoms with Gasteiger partial charge < -0.3 is 14.1 Å². The Labute approximate surface area is 148 Å². The normalized spacial score (nSPS) is 20.5. The first-order valence-corrected chi connectivity index (χ1v) is 10.0. The molecule has 134 valence electrons. The highest BCUT2D eigenvalue weighted by Gasteiger charge is 2.24. The zero-order chi connectivity index (χ0) is 16.8.